The molecule has 0 spiro atoms. The van der Waals surface area contributed by atoms with Gasteiger partial charge in [-0.15, -0.1) is 0 Å². The Morgan fingerprint density at radius 1 is 1.53 bits per heavy atom. The minimum absolute atomic E-state index is 0.0370. The predicted molar refractivity (Wildman–Crippen MR) is 59.5 cm³/mol. The summed E-state index contributed by atoms with van der Waals surface area (Å²) < 4.78 is 0. The van der Waals surface area contributed by atoms with Gasteiger partial charge >= 0.3 is 0 Å². The van der Waals surface area contributed by atoms with Gasteiger partial charge in [-0.1, -0.05) is 23.7 Å². The molecular formula is C11H13ClN2O. The van der Waals surface area contributed by atoms with Crippen LogP contribution in [0.25, 0.3) is 0 Å². The second-order valence-corrected chi connectivity index (χ2v) is 4.22. The van der Waals surface area contributed by atoms with Crippen molar-refractivity contribution in [2.24, 2.45) is 5.73 Å². The maximum atomic E-state index is 11.6. The molecule has 0 aliphatic carbocycles. The lowest BCUT2D eigenvalue weighted by Gasteiger charge is -2.15. The van der Waals surface area contributed by atoms with Gasteiger partial charge in [0.15, 0.2) is 0 Å². The molecule has 0 bridgehead atoms. The second kappa shape index (κ2) is 4.21. The van der Waals surface area contributed by atoms with Crippen molar-refractivity contribution in [3.05, 3.63) is 34.9 Å². The third-order valence-electron chi connectivity index (χ3n) is 2.60. The molecule has 1 aliphatic heterocycles. The molecule has 1 aliphatic rings. The summed E-state index contributed by atoms with van der Waals surface area (Å²) in [6.45, 7) is 1.35. The molecule has 80 valence electrons. The van der Waals surface area contributed by atoms with E-state index in [4.69, 9.17) is 17.3 Å². The molecule has 0 unspecified atom stereocenters. The highest BCUT2D eigenvalue weighted by atomic mass is 35.5. The summed E-state index contributed by atoms with van der Waals surface area (Å²) in [6, 6.07) is 7.23. The van der Waals surface area contributed by atoms with Crippen LogP contribution in [0.4, 0.5) is 0 Å². The van der Waals surface area contributed by atoms with Gasteiger partial charge in [0.05, 0.1) is 6.04 Å². The van der Waals surface area contributed by atoms with Crippen LogP contribution < -0.4 is 5.73 Å². The van der Waals surface area contributed by atoms with E-state index in [1.54, 1.807) is 4.90 Å². The van der Waals surface area contributed by atoms with Crippen LogP contribution in [0.15, 0.2) is 24.3 Å². The minimum atomic E-state index is -0.316. The average molecular weight is 225 g/mol. The molecule has 0 saturated carbocycles. The molecule has 15 heavy (non-hydrogen) atoms. The molecule has 1 heterocycles. The Kier molecular flexibility index (Phi) is 2.93. The van der Waals surface area contributed by atoms with Crippen LogP contribution in [0.3, 0.4) is 0 Å². The van der Waals surface area contributed by atoms with E-state index in [-0.39, 0.29) is 11.9 Å². The lowest BCUT2D eigenvalue weighted by molar-refractivity contribution is -0.129. The summed E-state index contributed by atoms with van der Waals surface area (Å²) in [5.74, 6) is 0.0370. The Morgan fingerprint density at radius 2 is 2.33 bits per heavy atom. The highest BCUT2D eigenvalue weighted by Crippen LogP contribution is 2.16. The van der Waals surface area contributed by atoms with E-state index in [1.165, 1.54) is 0 Å². The molecule has 2 N–H and O–H groups in total. The highest BCUT2D eigenvalue weighted by Gasteiger charge is 2.28. The zero-order valence-corrected chi connectivity index (χ0v) is 9.07. The number of carbonyl (C=O) groups excluding carboxylic acids is 1. The summed E-state index contributed by atoms with van der Waals surface area (Å²) in [6.07, 6.45) is 0.749. The molecule has 1 fully saturated rings. The number of benzene rings is 1. The normalized spacial score (nSPS) is 21.1. The van der Waals surface area contributed by atoms with Crippen molar-refractivity contribution in [1.29, 1.82) is 0 Å². The van der Waals surface area contributed by atoms with Crippen LogP contribution in [-0.2, 0) is 11.3 Å². The fourth-order valence-corrected chi connectivity index (χ4v) is 1.99. The van der Waals surface area contributed by atoms with Crippen LogP contribution in [0.1, 0.15) is 12.0 Å². The van der Waals surface area contributed by atoms with Crippen molar-refractivity contribution in [2.45, 2.75) is 19.0 Å². The summed E-state index contributed by atoms with van der Waals surface area (Å²) in [4.78, 5) is 13.3. The van der Waals surface area contributed by atoms with Crippen molar-refractivity contribution in [3.63, 3.8) is 0 Å². The van der Waals surface area contributed by atoms with Gasteiger partial charge in [-0.3, -0.25) is 4.79 Å². The first-order valence-electron chi connectivity index (χ1n) is 4.95. The smallest absolute Gasteiger partial charge is 0.239 e. The predicted octanol–water partition coefficient (Wildman–Crippen LogP) is 1.40. The average Bonchev–Trinajstić information content (AvgIpc) is 2.50. The number of halogens is 1. The Morgan fingerprint density at radius 3 is 2.93 bits per heavy atom. The van der Waals surface area contributed by atoms with Gasteiger partial charge in [0.1, 0.15) is 0 Å². The van der Waals surface area contributed by atoms with E-state index in [0.29, 0.717) is 11.6 Å². The molecular weight excluding hydrogens is 212 g/mol. The van der Waals surface area contributed by atoms with Crippen molar-refractivity contribution in [2.75, 3.05) is 6.54 Å². The number of amides is 1. The second-order valence-electron chi connectivity index (χ2n) is 3.78. The first-order valence-corrected chi connectivity index (χ1v) is 5.33. The maximum absolute atomic E-state index is 11.6. The summed E-state index contributed by atoms with van der Waals surface area (Å²) in [5, 5.41) is 0.698. The first-order chi connectivity index (χ1) is 7.16. The third-order valence-corrected chi connectivity index (χ3v) is 2.84. The number of nitrogens with zero attached hydrogens (tertiary/aromatic N) is 1. The quantitative estimate of drug-likeness (QED) is 0.826. The number of carbonyl (C=O) groups is 1. The van der Waals surface area contributed by atoms with Gasteiger partial charge in [0, 0.05) is 18.1 Å². The molecule has 1 aromatic rings. The van der Waals surface area contributed by atoms with E-state index in [2.05, 4.69) is 0 Å². The molecule has 1 aromatic carbocycles. The van der Waals surface area contributed by atoms with Gasteiger partial charge in [-0.05, 0) is 24.1 Å². The van der Waals surface area contributed by atoms with Crippen molar-refractivity contribution in [1.82, 2.24) is 4.90 Å². The minimum Gasteiger partial charge on any atom is -0.337 e. The Bertz CT molecular complexity index is 381. The summed E-state index contributed by atoms with van der Waals surface area (Å²) in [7, 11) is 0. The molecule has 1 atom stereocenters. The van der Waals surface area contributed by atoms with Crippen molar-refractivity contribution in [3.8, 4) is 0 Å². The number of likely N-dealkylation sites (tertiary alicyclic amines) is 1. The van der Waals surface area contributed by atoms with E-state index < -0.39 is 0 Å². The fraction of sp³-hybridized carbons (Fsp3) is 0.364. The molecule has 1 amide bonds. The lowest BCUT2D eigenvalue weighted by Crippen LogP contribution is -2.33. The number of hydrogen-bond acceptors (Lipinski definition) is 2. The SMILES string of the molecule is N[C@H]1CCN(Cc2cccc(Cl)c2)C1=O. The lowest BCUT2D eigenvalue weighted by atomic mass is 10.2. The third kappa shape index (κ3) is 2.30. The van der Waals surface area contributed by atoms with Crippen LogP contribution >= 0.6 is 11.6 Å². The Balaban J connectivity index is 2.06. The molecule has 0 aromatic heterocycles. The first kappa shape index (κ1) is 10.5. The van der Waals surface area contributed by atoms with Crippen molar-refractivity contribution >= 4 is 17.5 Å². The maximum Gasteiger partial charge on any atom is 0.239 e. The molecule has 0 radical (unpaired) electrons. The number of hydrogen-bond donors (Lipinski definition) is 1. The van der Waals surface area contributed by atoms with Gasteiger partial charge in [0.2, 0.25) is 5.91 Å². The molecule has 1 saturated heterocycles. The van der Waals surface area contributed by atoms with Gasteiger partial charge in [0.25, 0.3) is 0 Å². The van der Waals surface area contributed by atoms with E-state index >= 15 is 0 Å². The Hall–Kier alpha value is -1.06. The van der Waals surface area contributed by atoms with Gasteiger partial charge < -0.3 is 10.6 Å². The van der Waals surface area contributed by atoms with E-state index in [9.17, 15) is 4.79 Å². The van der Waals surface area contributed by atoms with Crippen LogP contribution in [0, 0.1) is 0 Å². The standard InChI is InChI=1S/C11H13ClN2O/c12-9-3-1-2-8(6-9)7-14-5-4-10(13)11(14)15/h1-3,6,10H,4-5,7,13H2/t10-/m0/s1. The zero-order chi connectivity index (χ0) is 10.8. The number of nitrogens with two attached hydrogens (primary N) is 1. The Labute approximate surface area is 93.8 Å². The summed E-state index contributed by atoms with van der Waals surface area (Å²) in [5.41, 5.74) is 6.68. The molecule has 3 nitrogen and oxygen atoms in total. The highest BCUT2D eigenvalue weighted by molar-refractivity contribution is 6.30. The van der Waals surface area contributed by atoms with E-state index in [1.807, 2.05) is 24.3 Å². The monoisotopic (exact) mass is 224 g/mol. The summed E-state index contributed by atoms with van der Waals surface area (Å²) >= 11 is 5.87. The topological polar surface area (TPSA) is 46.3 Å². The fourth-order valence-electron chi connectivity index (χ4n) is 1.78. The zero-order valence-electron chi connectivity index (χ0n) is 8.32. The van der Waals surface area contributed by atoms with Crippen LogP contribution in [0.2, 0.25) is 5.02 Å². The number of rotatable bonds is 2. The molecule has 2 rings (SSSR count). The van der Waals surface area contributed by atoms with Gasteiger partial charge in [-0.25, -0.2) is 0 Å². The van der Waals surface area contributed by atoms with Crippen LogP contribution in [0.5, 0.6) is 0 Å². The van der Waals surface area contributed by atoms with Gasteiger partial charge in [-0.2, -0.15) is 0 Å². The van der Waals surface area contributed by atoms with Crippen LogP contribution in [-0.4, -0.2) is 23.4 Å². The molecule has 4 heteroatoms. The van der Waals surface area contributed by atoms with Crippen molar-refractivity contribution < 1.29 is 4.79 Å². The van der Waals surface area contributed by atoms with E-state index in [0.717, 1.165) is 18.5 Å². The largest absolute Gasteiger partial charge is 0.337 e.